The molecular weight excluding hydrogens is 528 g/mol. The van der Waals surface area contributed by atoms with Gasteiger partial charge in [0.25, 0.3) is 5.91 Å². The summed E-state index contributed by atoms with van der Waals surface area (Å²) in [6.45, 7) is 9.52. The van der Waals surface area contributed by atoms with Crippen molar-refractivity contribution in [2.24, 2.45) is 0 Å². The molecule has 3 aromatic carbocycles. The summed E-state index contributed by atoms with van der Waals surface area (Å²) in [6.07, 6.45) is 3.56. The standard InChI is InChI=1S/C35H40N2O5/c1-23(2)13-14-27-21-29(16-18-32(27)40-6)34(38)36-30-22-28-15-17-31(24(3)33(28)42-35(30)39)41-20-10-19-37(5)25(4)26-11-8-7-9-12-26/h7-9,11-13,15-18,21-22,25H,10,14,19-20H2,1-6H3,(H,36,38). The van der Waals surface area contributed by atoms with E-state index >= 15 is 0 Å². The molecule has 1 amide bonds. The smallest absolute Gasteiger partial charge is 0.360 e. The maximum Gasteiger partial charge on any atom is 0.360 e. The highest BCUT2D eigenvalue weighted by molar-refractivity contribution is 6.05. The molecule has 0 fully saturated rings. The number of allylic oxidation sites excluding steroid dienone is 2. The Labute approximate surface area is 247 Å². The van der Waals surface area contributed by atoms with E-state index < -0.39 is 11.5 Å². The predicted octanol–water partition coefficient (Wildman–Crippen LogP) is 7.33. The number of nitrogens with one attached hydrogen (secondary N) is 1. The largest absolute Gasteiger partial charge is 0.496 e. The zero-order valence-electron chi connectivity index (χ0n) is 25.3. The number of rotatable bonds is 12. The van der Waals surface area contributed by atoms with Crippen LogP contribution in [0.25, 0.3) is 11.0 Å². The van der Waals surface area contributed by atoms with Gasteiger partial charge in [0.15, 0.2) is 0 Å². The molecule has 0 radical (unpaired) electrons. The van der Waals surface area contributed by atoms with E-state index in [1.165, 1.54) is 11.1 Å². The number of fused-ring (bicyclic) bond motifs is 1. The minimum Gasteiger partial charge on any atom is -0.496 e. The molecule has 4 aromatic rings. The van der Waals surface area contributed by atoms with Gasteiger partial charge in [-0.15, -0.1) is 0 Å². The molecule has 7 heteroatoms. The topological polar surface area (TPSA) is 81.0 Å². The number of amides is 1. The summed E-state index contributed by atoms with van der Waals surface area (Å²) >= 11 is 0. The number of methoxy groups -OCH3 is 1. The van der Waals surface area contributed by atoms with Crippen molar-refractivity contribution in [3.05, 3.63) is 111 Å². The number of carbonyl (C=O) groups is 1. The van der Waals surface area contributed by atoms with Gasteiger partial charge < -0.3 is 19.2 Å². The number of anilines is 1. The number of carbonyl (C=O) groups excluding carboxylic acids is 1. The lowest BCUT2D eigenvalue weighted by atomic mass is 10.0. The summed E-state index contributed by atoms with van der Waals surface area (Å²) in [6, 6.07) is 21.3. The zero-order valence-corrected chi connectivity index (χ0v) is 25.3. The third kappa shape index (κ3) is 7.47. The van der Waals surface area contributed by atoms with Crippen LogP contribution >= 0.6 is 0 Å². The van der Waals surface area contributed by atoms with Gasteiger partial charge in [0, 0.05) is 29.1 Å². The quantitative estimate of drug-likeness (QED) is 0.109. The Morgan fingerprint density at radius 2 is 1.79 bits per heavy atom. The molecular formula is C35H40N2O5. The molecule has 0 aliphatic rings. The molecule has 220 valence electrons. The molecule has 0 spiro atoms. The van der Waals surface area contributed by atoms with E-state index in [2.05, 4.69) is 54.5 Å². The highest BCUT2D eigenvalue weighted by Gasteiger charge is 2.16. The maximum atomic E-state index is 13.1. The van der Waals surface area contributed by atoms with E-state index in [0.717, 1.165) is 24.1 Å². The fourth-order valence-corrected chi connectivity index (χ4v) is 4.81. The molecule has 4 rings (SSSR count). The van der Waals surface area contributed by atoms with Crippen LogP contribution in [0, 0.1) is 6.92 Å². The lowest BCUT2D eigenvalue weighted by Gasteiger charge is -2.25. The van der Waals surface area contributed by atoms with Gasteiger partial charge in [-0.2, -0.15) is 0 Å². The summed E-state index contributed by atoms with van der Waals surface area (Å²) in [4.78, 5) is 28.2. The Bertz CT molecular complexity index is 1620. The van der Waals surface area contributed by atoms with Gasteiger partial charge in [0.2, 0.25) is 0 Å². The molecule has 1 atom stereocenters. The predicted molar refractivity (Wildman–Crippen MR) is 169 cm³/mol. The minimum absolute atomic E-state index is 0.0813. The normalized spacial score (nSPS) is 11.8. The highest BCUT2D eigenvalue weighted by atomic mass is 16.5. The van der Waals surface area contributed by atoms with Crippen molar-refractivity contribution < 1.29 is 18.7 Å². The first-order chi connectivity index (χ1) is 20.2. The molecule has 1 heterocycles. The lowest BCUT2D eigenvalue weighted by molar-refractivity contribution is 0.102. The van der Waals surface area contributed by atoms with Crippen molar-refractivity contribution in [3.63, 3.8) is 0 Å². The van der Waals surface area contributed by atoms with Crippen molar-refractivity contribution in [1.29, 1.82) is 0 Å². The van der Waals surface area contributed by atoms with E-state index in [-0.39, 0.29) is 5.69 Å². The van der Waals surface area contributed by atoms with Crippen LogP contribution in [-0.4, -0.2) is 38.1 Å². The van der Waals surface area contributed by atoms with Crippen LogP contribution in [-0.2, 0) is 6.42 Å². The first-order valence-electron chi connectivity index (χ1n) is 14.2. The number of benzene rings is 3. The van der Waals surface area contributed by atoms with E-state index in [4.69, 9.17) is 13.9 Å². The number of hydrogen-bond acceptors (Lipinski definition) is 6. The Kier molecular flexibility index (Phi) is 10.2. The van der Waals surface area contributed by atoms with E-state index in [0.29, 0.717) is 47.1 Å². The first kappa shape index (κ1) is 30.6. The molecule has 1 unspecified atom stereocenters. The third-order valence-electron chi connectivity index (χ3n) is 7.48. The Morgan fingerprint density at radius 3 is 2.50 bits per heavy atom. The van der Waals surface area contributed by atoms with Gasteiger partial charge in [-0.05, 0) is 95.1 Å². The van der Waals surface area contributed by atoms with Crippen LogP contribution in [0.3, 0.4) is 0 Å². The van der Waals surface area contributed by atoms with Crippen molar-refractivity contribution in [1.82, 2.24) is 4.90 Å². The van der Waals surface area contributed by atoms with Gasteiger partial charge in [-0.3, -0.25) is 9.69 Å². The van der Waals surface area contributed by atoms with Gasteiger partial charge in [-0.25, -0.2) is 4.79 Å². The monoisotopic (exact) mass is 568 g/mol. The van der Waals surface area contributed by atoms with E-state index in [1.807, 2.05) is 39.0 Å². The van der Waals surface area contributed by atoms with Crippen LogP contribution in [0.5, 0.6) is 11.5 Å². The Morgan fingerprint density at radius 1 is 1.05 bits per heavy atom. The second kappa shape index (κ2) is 14.0. The molecule has 0 saturated heterocycles. The summed E-state index contributed by atoms with van der Waals surface area (Å²) < 4.78 is 17.2. The van der Waals surface area contributed by atoms with E-state index in [9.17, 15) is 9.59 Å². The molecule has 1 N–H and O–H groups in total. The van der Waals surface area contributed by atoms with E-state index in [1.54, 1.807) is 31.4 Å². The van der Waals surface area contributed by atoms with Crippen molar-refractivity contribution in [2.75, 3.05) is 32.6 Å². The van der Waals surface area contributed by atoms with Crippen LogP contribution in [0.15, 0.2) is 87.6 Å². The SMILES string of the molecule is COc1ccc(C(=O)Nc2cc3ccc(OCCCN(C)C(C)c4ccccc4)c(C)c3oc2=O)cc1CC=C(C)C. The van der Waals surface area contributed by atoms with Crippen LogP contribution in [0.1, 0.15) is 60.3 Å². The molecule has 7 nitrogen and oxygen atoms in total. The molecule has 0 bridgehead atoms. The molecule has 0 saturated carbocycles. The molecule has 0 aliphatic carbocycles. The van der Waals surface area contributed by atoms with Gasteiger partial charge in [0.1, 0.15) is 22.8 Å². The fraction of sp³-hybridized carbons (Fsp3) is 0.314. The van der Waals surface area contributed by atoms with Gasteiger partial charge in [0.05, 0.1) is 13.7 Å². The number of hydrogen-bond donors (Lipinski definition) is 1. The van der Waals surface area contributed by atoms with Crippen LogP contribution in [0.2, 0.25) is 0 Å². The number of aryl methyl sites for hydroxylation is 1. The highest BCUT2D eigenvalue weighted by Crippen LogP contribution is 2.28. The first-order valence-corrected chi connectivity index (χ1v) is 14.2. The average molecular weight is 569 g/mol. The van der Waals surface area contributed by atoms with Crippen LogP contribution < -0.4 is 20.4 Å². The molecule has 0 aliphatic heterocycles. The summed E-state index contributed by atoms with van der Waals surface area (Å²) in [5.74, 6) is 0.978. The second-order valence-electron chi connectivity index (χ2n) is 10.8. The molecule has 1 aromatic heterocycles. The van der Waals surface area contributed by atoms with Gasteiger partial charge in [-0.1, -0.05) is 42.0 Å². The van der Waals surface area contributed by atoms with Crippen molar-refractivity contribution in [2.45, 2.75) is 46.6 Å². The van der Waals surface area contributed by atoms with Crippen molar-refractivity contribution in [3.8, 4) is 11.5 Å². The Hall–Kier alpha value is -4.36. The molecule has 42 heavy (non-hydrogen) atoms. The summed E-state index contributed by atoms with van der Waals surface area (Å²) in [5.41, 5.74) is 4.42. The lowest BCUT2D eigenvalue weighted by Crippen LogP contribution is -2.24. The third-order valence-corrected chi connectivity index (χ3v) is 7.48. The Balaban J connectivity index is 1.42. The fourth-order valence-electron chi connectivity index (χ4n) is 4.81. The summed E-state index contributed by atoms with van der Waals surface area (Å²) in [5, 5.41) is 3.42. The average Bonchev–Trinajstić information content (AvgIpc) is 2.99. The van der Waals surface area contributed by atoms with Crippen LogP contribution in [0.4, 0.5) is 5.69 Å². The summed E-state index contributed by atoms with van der Waals surface area (Å²) in [7, 11) is 3.72. The number of ether oxygens (including phenoxy) is 2. The maximum absolute atomic E-state index is 13.1. The van der Waals surface area contributed by atoms with Crippen molar-refractivity contribution >= 4 is 22.6 Å². The van der Waals surface area contributed by atoms with Gasteiger partial charge >= 0.3 is 5.63 Å². The zero-order chi connectivity index (χ0) is 30.2. The second-order valence-corrected chi connectivity index (χ2v) is 10.8. The minimum atomic E-state index is -0.620. The number of nitrogens with zero attached hydrogens (tertiary/aromatic N) is 1.